The van der Waals surface area contributed by atoms with Crippen LogP contribution in [-0.4, -0.2) is 29.3 Å². The van der Waals surface area contributed by atoms with Crippen molar-refractivity contribution in [1.29, 1.82) is 0 Å². The maximum atomic E-state index is 5.30. The molecule has 0 aliphatic heterocycles. The summed E-state index contributed by atoms with van der Waals surface area (Å²) in [6.07, 6.45) is 24.0. The molecule has 3 heterocycles. The van der Waals surface area contributed by atoms with Gasteiger partial charge in [0.25, 0.3) is 0 Å². The van der Waals surface area contributed by atoms with E-state index in [1.165, 1.54) is 84.8 Å². The van der Waals surface area contributed by atoms with Crippen LogP contribution in [-0.2, 0) is 55.6 Å². The van der Waals surface area contributed by atoms with Gasteiger partial charge in [-0.25, -0.2) is 12.2 Å². The van der Waals surface area contributed by atoms with Crippen molar-refractivity contribution in [1.82, 2.24) is 29.3 Å². The zero-order chi connectivity index (χ0) is 32.2. The Labute approximate surface area is 286 Å². The summed E-state index contributed by atoms with van der Waals surface area (Å²) in [5.74, 6) is 0. The molecule has 3 aromatic heterocycles. The molecule has 0 fully saturated rings. The molecular formula is C38H62MnN6. The molecule has 0 saturated heterocycles. The second kappa shape index (κ2) is 23.8. The molecule has 0 N–H and O–H groups in total. The first kappa shape index (κ1) is 40.5. The molecule has 0 aliphatic rings. The monoisotopic (exact) mass is 657 g/mol. The summed E-state index contributed by atoms with van der Waals surface area (Å²) in [6, 6.07) is 7.06. The Morgan fingerprint density at radius 1 is 0.556 bits per heavy atom. The predicted octanol–water partition coefficient (Wildman–Crippen LogP) is 9.88. The molecule has 0 saturated carbocycles. The van der Waals surface area contributed by atoms with E-state index in [9.17, 15) is 0 Å². The number of hydrogen-bond donors (Lipinski definition) is 0. The van der Waals surface area contributed by atoms with Gasteiger partial charge in [-0.2, -0.15) is 21.9 Å². The van der Waals surface area contributed by atoms with Gasteiger partial charge in [-0.15, -0.1) is 0 Å². The van der Waals surface area contributed by atoms with Gasteiger partial charge < -0.3 is 0 Å². The fourth-order valence-electron chi connectivity index (χ4n) is 5.26. The molecule has 0 aromatic carbocycles. The van der Waals surface area contributed by atoms with Crippen LogP contribution in [0.4, 0.5) is 0 Å². The average molecular weight is 658 g/mol. The number of aryl methyl sites for hydroxylation is 6. The van der Waals surface area contributed by atoms with Crippen molar-refractivity contribution in [3.63, 3.8) is 0 Å². The van der Waals surface area contributed by atoms with Crippen molar-refractivity contribution in [3.05, 3.63) is 84.0 Å². The summed E-state index contributed by atoms with van der Waals surface area (Å²) in [5, 5.41) is 15.9. The van der Waals surface area contributed by atoms with Gasteiger partial charge in [-0.3, -0.25) is 20.6 Å². The fraction of sp³-hybridized carbons (Fsp3) is 0.632. The largest absolute Gasteiger partial charge is 2.00 e. The first-order valence-electron chi connectivity index (χ1n) is 17.8. The summed E-state index contributed by atoms with van der Waals surface area (Å²) >= 11 is 0. The van der Waals surface area contributed by atoms with Crippen LogP contribution < -0.4 is 0 Å². The Kier molecular flexibility index (Phi) is 21.4. The molecular weight excluding hydrogens is 595 g/mol. The first-order valence-corrected chi connectivity index (χ1v) is 17.8. The summed E-state index contributed by atoms with van der Waals surface area (Å²) in [4.78, 5) is 0. The van der Waals surface area contributed by atoms with Crippen LogP contribution in [0.3, 0.4) is 0 Å². The Morgan fingerprint density at radius 2 is 0.800 bits per heavy atom. The van der Waals surface area contributed by atoms with Crippen molar-refractivity contribution in [2.75, 3.05) is 0 Å². The van der Waals surface area contributed by atoms with Crippen molar-refractivity contribution in [3.8, 4) is 0 Å². The maximum absolute atomic E-state index is 5.30. The van der Waals surface area contributed by atoms with E-state index in [-0.39, 0.29) is 17.1 Å². The van der Waals surface area contributed by atoms with Crippen LogP contribution in [0.1, 0.15) is 153 Å². The molecule has 3 rings (SSSR count). The third kappa shape index (κ3) is 13.0. The zero-order valence-electron chi connectivity index (χ0n) is 29.5. The van der Waals surface area contributed by atoms with E-state index >= 15 is 0 Å². The van der Waals surface area contributed by atoms with Crippen molar-refractivity contribution in [2.24, 2.45) is 0 Å². The van der Waals surface area contributed by atoms with E-state index in [2.05, 4.69) is 80.4 Å². The van der Waals surface area contributed by atoms with Gasteiger partial charge in [0.15, 0.2) is 6.29 Å². The number of rotatable bonds is 22. The number of hydrogen-bond acceptors (Lipinski definition) is 3. The molecule has 251 valence electrons. The minimum absolute atomic E-state index is 0. The average Bonchev–Trinajstić information content (AvgIpc) is 3.76. The SMILES string of the molecule is CCCCc1cc(CCCC)n([C-](n2nc(CCCC)cc2CCCC)n2nc(CCCC)cc2CCCC)n1.[CH-]=CC=C.[Mn+2]. The Balaban J connectivity index is 0.00000191. The van der Waals surface area contributed by atoms with E-state index in [0.29, 0.717) is 0 Å². The number of unbranched alkanes of at least 4 members (excludes halogenated alkanes) is 6. The van der Waals surface area contributed by atoms with Crippen LogP contribution in [0.2, 0.25) is 0 Å². The molecule has 0 amide bonds. The van der Waals surface area contributed by atoms with Crippen LogP contribution in [0.5, 0.6) is 0 Å². The topological polar surface area (TPSA) is 53.5 Å². The number of allylic oxidation sites excluding steroid dienone is 2. The predicted molar refractivity (Wildman–Crippen MR) is 187 cm³/mol. The summed E-state index contributed by atoms with van der Waals surface area (Å²) < 4.78 is 6.66. The minimum atomic E-state index is 0. The van der Waals surface area contributed by atoms with Crippen LogP contribution in [0.15, 0.2) is 36.9 Å². The molecule has 1 radical (unpaired) electrons. The van der Waals surface area contributed by atoms with E-state index in [1.54, 1.807) is 0 Å². The normalized spacial score (nSPS) is 10.7. The van der Waals surface area contributed by atoms with Gasteiger partial charge in [-0.1, -0.05) is 118 Å². The van der Waals surface area contributed by atoms with Crippen molar-refractivity contribution < 1.29 is 17.1 Å². The molecule has 3 aromatic rings. The molecule has 0 aliphatic carbocycles. The minimum Gasteiger partial charge on any atom is -0.293 e. The van der Waals surface area contributed by atoms with E-state index in [1.807, 2.05) is 0 Å². The third-order valence-corrected chi connectivity index (χ3v) is 7.92. The molecule has 7 heteroatoms. The third-order valence-electron chi connectivity index (χ3n) is 7.92. The Morgan fingerprint density at radius 3 is 1.02 bits per heavy atom. The smallest absolute Gasteiger partial charge is 0.293 e. The van der Waals surface area contributed by atoms with Gasteiger partial charge in [0.2, 0.25) is 0 Å². The quantitative estimate of drug-likeness (QED) is 0.0614. The van der Waals surface area contributed by atoms with Gasteiger partial charge in [0.1, 0.15) is 0 Å². The molecule has 0 atom stereocenters. The molecule has 45 heavy (non-hydrogen) atoms. The number of nitrogens with zero attached hydrogens (tertiary/aromatic N) is 6. The maximum Gasteiger partial charge on any atom is 2.00 e. The summed E-state index contributed by atoms with van der Waals surface area (Å²) in [7, 11) is 0. The van der Waals surface area contributed by atoms with Crippen molar-refractivity contribution >= 4 is 0 Å². The molecule has 0 unspecified atom stereocenters. The van der Waals surface area contributed by atoms with Crippen LogP contribution in [0.25, 0.3) is 0 Å². The second-order valence-corrected chi connectivity index (χ2v) is 12.0. The van der Waals surface area contributed by atoms with Gasteiger partial charge in [0, 0.05) is 0 Å². The zero-order valence-corrected chi connectivity index (χ0v) is 30.6. The second-order valence-electron chi connectivity index (χ2n) is 12.0. The number of aromatic nitrogens is 6. The van der Waals surface area contributed by atoms with Crippen LogP contribution in [0, 0.1) is 12.9 Å². The summed E-state index contributed by atoms with van der Waals surface area (Å²) in [6.45, 7) is 21.7. The molecule has 0 bridgehead atoms. The van der Waals surface area contributed by atoms with E-state index in [4.69, 9.17) is 21.9 Å². The van der Waals surface area contributed by atoms with Gasteiger partial charge >= 0.3 is 17.1 Å². The summed E-state index contributed by atoms with van der Waals surface area (Å²) in [5.41, 5.74) is 7.40. The molecule has 0 spiro atoms. The van der Waals surface area contributed by atoms with Gasteiger partial charge in [-0.05, 0) is 74.9 Å². The molecule has 6 nitrogen and oxygen atoms in total. The Bertz CT molecular complexity index is 1060. The Hall–Kier alpha value is -2.50. The van der Waals surface area contributed by atoms with Crippen LogP contribution >= 0.6 is 0 Å². The van der Waals surface area contributed by atoms with E-state index in [0.717, 1.165) is 83.3 Å². The standard InChI is InChI=1S/C34H57N6.C4H5.Mn/c1-7-13-19-28-25-31(22-16-10-4)38(35-28)34(39-32(23-17-11-5)26-29(36-39)20-14-8-2)40-33(24-18-12-6)27-30(37-40)21-15-9-3;1-3-4-2;/h25-27H,7-24H2,1-6H3;1,3-4H,2H2;/q2*-1;+2. The van der Waals surface area contributed by atoms with Gasteiger partial charge in [0.05, 0.1) is 17.1 Å². The van der Waals surface area contributed by atoms with Crippen molar-refractivity contribution in [2.45, 2.75) is 157 Å². The fourth-order valence-corrected chi connectivity index (χ4v) is 5.26. The van der Waals surface area contributed by atoms with E-state index < -0.39 is 0 Å². The first-order chi connectivity index (χ1) is 21.5.